The lowest BCUT2D eigenvalue weighted by molar-refractivity contribution is -0.140. The van der Waals surface area contributed by atoms with E-state index in [1.165, 1.54) is 77.0 Å². The summed E-state index contributed by atoms with van der Waals surface area (Å²) in [6.07, 6.45) is 31.6. The number of halogens is 3. The average molecular weight is 973 g/mol. The third-order valence-electron chi connectivity index (χ3n) is 11.6. The lowest BCUT2D eigenvalue weighted by Crippen LogP contribution is -2.15. The van der Waals surface area contributed by atoms with Gasteiger partial charge in [0.2, 0.25) is 5.75 Å². The molecule has 1 rings (SSSR count). The van der Waals surface area contributed by atoms with Crippen LogP contribution in [0.25, 0.3) is 0 Å². The highest BCUT2D eigenvalue weighted by atomic mass is 19.1. The normalized spacial score (nSPS) is 11.2. The van der Waals surface area contributed by atoms with Gasteiger partial charge in [-0.2, -0.15) is 0 Å². The second kappa shape index (κ2) is 49.0. The van der Waals surface area contributed by atoms with Crippen molar-refractivity contribution in [3.8, 4) is 17.2 Å². The van der Waals surface area contributed by atoms with E-state index in [1.807, 2.05) is 0 Å². The molecule has 396 valence electrons. The molecule has 10 nitrogen and oxygen atoms in total. The number of unbranched alkanes of at least 4 members (excludes halogenated alkanes) is 27. The van der Waals surface area contributed by atoms with Gasteiger partial charge in [0.1, 0.15) is 13.2 Å². The van der Waals surface area contributed by atoms with Crippen LogP contribution >= 0.6 is 0 Å². The van der Waals surface area contributed by atoms with Crippen LogP contribution in [-0.4, -0.2) is 105 Å². The van der Waals surface area contributed by atoms with Gasteiger partial charge in [0.15, 0.2) is 11.5 Å². The molecule has 0 spiro atoms. The third-order valence-corrected chi connectivity index (χ3v) is 11.6. The standard InChI is InChI=1S/C55H95F3O10/c1-49(2)54(59)67-45-43-62-41-39-61-40-42-63-44-46-68-55(60)50-47-51(64-36-30-24-18-12-6-3-9-15-21-27-33-56)53(66-38-32-26-20-14-8-5-11-17-23-29-35-58)52(48-50)65-37-31-25-19-13-7-4-10-16-22-28-34-57/h47-48H,1,3-46H2,2H3. The van der Waals surface area contributed by atoms with Gasteiger partial charge in [-0.3, -0.25) is 13.2 Å². The maximum Gasteiger partial charge on any atom is 0.338 e. The molecule has 0 bridgehead atoms. The Kier molecular flexibility index (Phi) is 45.4. The zero-order chi connectivity index (χ0) is 49.2. The van der Waals surface area contributed by atoms with Gasteiger partial charge in [0.25, 0.3) is 0 Å². The Balaban J connectivity index is 2.82. The highest BCUT2D eigenvalue weighted by molar-refractivity contribution is 5.91. The SMILES string of the molecule is C=C(C)C(=O)OCCOCCOCCOCCOC(=O)c1cc(OCCCCCCCCCCCCF)c(OCCCCCCCCCCCCF)c(OCCCCCCCCCCCCF)c1. The van der Waals surface area contributed by atoms with Gasteiger partial charge in [-0.25, -0.2) is 9.59 Å². The van der Waals surface area contributed by atoms with Crippen molar-refractivity contribution in [3.63, 3.8) is 0 Å². The first-order valence-corrected chi connectivity index (χ1v) is 26.9. The van der Waals surface area contributed by atoms with Crippen LogP contribution in [0.2, 0.25) is 0 Å². The van der Waals surface area contributed by atoms with Gasteiger partial charge in [-0.05, 0) is 57.6 Å². The van der Waals surface area contributed by atoms with E-state index in [-0.39, 0.29) is 46.5 Å². The van der Waals surface area contributed by atoms with E-state index in [2.05, 4.69) is 6.58 Å². The Morgan fingerprint density at radius 1 is 0.382 bits per heavy atom. The molecule has 0 amide bonds. The molecule has 0 saturated heterocycles. The Morgan fingerprint density at radius 3 is 0.985 bits per heavy atom. The van der Waals surface area contributed by atoms with Crippen LogP contribution in [0.15, 0.2) is 24.3 Å². The van der Waals surface area contributed by atoms with Crippen LogP contribution in [0.4, 0.5) is 13.2 Å². The fourth-order valence-electron chi connectivity index (χ4n) is 7.56. The minimum absolute atomic E-state index is 0.0594. The first-order valence-electron chi connectivity index (χ1n) is 26.9. The van der Waals surface area contributed by atoms with E-state index in [0.29, 0.717) is 93.9 Å². The second-order valence-corrected chi connectivity index (χ2v) is 17.9. The van der Waals surface area contributed by atoms with E-state index < -0.39 is 11.9 Å². The Labute approximate surface area is 410 Å². The summed E-state index contributed by atoms with van der Waals surface area (Å²) >= 11 is 0. The maximum atomic E-state index is 13.5. The van der Waals surface area contributed by atoms with Crippen LogP contribution in [-0.2, 0) is 28.5 Å². The molecule has 0 aromatic heterocycles. The molecule has 0 unspecified atom stereocenters. The molecular weight excluding hydrogens is 878 g/mol. The van der Waals surface area contributed by atoms with Gasteiger partial charge >= 0.3 is 11.9 Å². The smallest absolute Gasteiger partial charge is 0.338 e. The predicted molar refractivity (Wildman–Crippen MR) is 268 cm³/mol. The average Bonchev–Trinajstić information content (AvgIpc) is 3.34. The molecule has 0 fully saturated rings. The van der Waals surface area contributed by atoms with Crippen molar-refractivity contribution in [1.29, 1.82) is 0 Å². The van der Waals surface area contributed by atoms with E-state index in [0.717, 1.165) is 96.3 Å². The first-order chi connectivity index (χ1) is 33.4. The molecule has 0 aliphatic rings. The van der Waals surface area contributed by atoms with Crippen molar-refractivity contribution in [1.82, 2.24) is 0 Å². The molecule has 13 heteroatoms. The molecule has 0 atom stereocenters. The van der Waals surface area contributed by atoms with Gasteiger partial charge < -0.3 is 37.9 Å². The number of carbonyl (C=O) groups is 2. The summed E-state index contributed by atoms with van der Waals surface area (Å²) in [5.41, 5.74) is 0.667. The summed E-state index contributed by atoms with van der Waals surface area (Å²) < 4.78 is 83.5. The van der Waals surface area contributed by atoms with Crippen molar-refractivity contribution in [2.75, 3.05) is 92.7 Å². The zero-order valence-corrected chi connectivity index (χ0v) is 42.7. The molecular formula is C55H95F3O10. The van der Waals surface area contributed by atoms with E-state index in [1.54, 1.807) is 19.1 Å². The lowest BCUT2D eigenvalue weighted by atomic mass is 10.1. The molecule has 0 aliphatic heterocycles. The number of esters is 2. The van der Waals surface area contributed by atoms with Crippen molar-refractivity contribution in [2.45, 2.75) is 200 Å². The van der Waals surface area contributed by atoms with Crippen LogP contribution in [0.3, 0.4) is 0 Å². The maximum absolute atomic E-state index is 13.5. The van der Waals surface area contributed by atoms with Crippen LogP contribution in [0.5, 0.6) is 17.2 Å². The largest absolute Gasteiger partial charge is 0.490 e. The van der Waals surface area contributed by atoms with Gasteiger partial charge in [-0.15, -0.1) is 0 Å². The lowest BCUT2D eigenvalue weighted by Gasteiger charge is -2.19. The third kappa shape index (κ3) is 38.8. The second-order valence-electron chi connectivity index (χ2n) is 17.9. The summed E-state index contributed by atoms with van der Waals surface area (Å²) in [4.78, 5) is 24.9. The number of carbonyl (C=O) groups excluding carboxylic acids is 2. The number of hydrogen-bond donors (Lipinski definition) is 0. The van der Waals surface area contributed by atoms with Crippen molar-refractivity contribution in [2.24, 2.45) is 0 Å². The Hall–Kier alpha value is -3.03. The Bertz CT molecular complexity index is 1270. The van der Waals surface area contributed by atoms with Crippen molar-refractivity contribution >= 4 is 11.9 Å². The number of ether oxygens (including phenoxy) is 8. The summed E-state index contributed by atoms with van der Waals surface area (Å²) in [7, 11) is 0. The highest BCUT2D eigenvalue weighted by Crippen LogP contribution is 2.40. The monoisotopic (exact) mass is 973 g/mol. The van der Waals surface area contributed by atoms with Crippen LogP contribution in [0.1, 0.15) is 210 Å². The van der Waals surface area contributed by atoms with Gasteiger partial charge in [-0.1, -0.05) is 161 Å². The van der Waals surface area contributed by atoms with Gasteiger partial charge in [0, 0.05) is 5.57 Å². The molecule has 1 aromatic carbocycles. The quantitative estimate of drug-likeness (QED) is 0.0356. The summed E-state index contributed by atoms with van der Waals surface area (Å²) in [6, 6.07) is 3.42. The minimum atomic E-state index is -0.506. The van der Waals surface area contributed by atoms with Crippen molar-refractivity contribution in [3.05, 3.63) is 29.8 Å². The molecule has 0 radical (unpaired) electrons. The fourth-order valence-corrected chi connectivity index (χ4v) is 7.56. The molecule has 1 aromatic rings. The van der Waals surface area contributed by atoms with E-state index >= 15 is 0 Å². The van der Waals surface area contributed by atoms with E-state index in [4.69, 9.17) is 37.9 Å². The van der Waals surface area contributed by atoms with Crippen LogP contribution < -0.4 is 14.2 Å². The zero-order valence-electron chi connectivity index (χ0n) is 42.7. The minimum Gasteiger partial charge on any atom is -0.490 e. The van der Waals surface area contributed by atoms with Gasteiger partial charge in [0.05, 0.1) is 85.0 Å². The molecule has 0 saturated carbocycles. The highest BCUT2D eigenvalue weighted by Gasteiger charge is 2.20. The predicted octanol–water partition coefficient (Wildman–Crippen LogP) is 14.8. The fraction of sp³-hybridized carbons (Fsp3) is 0.818. The molecule has 0 aliphatic carbocycles. The van der Waals surface area contributed by atoms with Crippen LogP contribution in [0, 0.1) is 0 Å². The number of hydrogen-bond acceptors (Lipinski definition) is 10. The van der Waals surface area contributed by atoms with Crippen molar-refractivity contribution < 1.29 is 60.7 Å². The summed E-state index contributed by atoms with van der Waals surface area (Å²) in [5.74, 6) is 0.535. The summed E-state index contributed by atoms with van der Waals surface area (Å²) in [6.45, 7) is 8.01. The Morgan fingerprint density at radius 2 is 0.662 bits per heavy atom. The summed E-state index contributed by atoms with van der Waals surface area (Å²) in [5, 5.41) is 0. The van der Waals surface area contributed by atoms with E-state index in [9.17, 15) is 22.8 Å². The molecule has 0 N–H and O–H groups in total. The molecule has 68 heavy (non-hydrogen) atoms. The number of benzene rings is 1. The topological polar surface area (TPSA) is 108 Å². The first kappa shape index (κ1) is 63.0. The number of rotatable bonds is 53. The number of alkyl halides is 3. The molecule has 0 heterocycles.